The smallest absolute Gasteiger partial charge is 0.224 e. The molecule has 0 atom stereocenters. The minimum Gasteiger partial charge on any atom is -0.494 e. The van der Waals surface area contributed by atoms with Crippen molar-refractivity contribution < 1.29 is 9.13 Å². The standard InChI is InChI=1S/C12H13ClFN3O/c1-6(2)15-11-7-4-10(18-3)8(14)5-9(7)16-12(13)17-11/h4-6H,1-3H3,(H,15,16,17). The number of ether oxygens (including phenoxy) is 1. The largest absolute Gasteiger partial charge is 0.494 e. The number of rotatable bonds is 3. The van der Waals surface area contributed by atoms with Gasteiger partial charge in [-0.05, 0) is 31.5 Å². The summed E-state index contributed by atoms with van der Waals surface area (Å²) in [5.74, 6) is 0.244. The normalized spacial score (nSPS) is 11.0. The molecule has 0 fully saturated rings. The Labute approximate surface area is 109 Å². The highest BCUT2D eigenvalue weighted by Crippen LogP contribution is 2.29. The van der Waals surface area contributed by atoms with E-state index >= 15 is 0 Å². The van der Waals surface area contributed by atoms with Gasteiger partial charge in [-0.3, -0.25) is 0 Å². The van der Waals surface area contributed by atoms with Crippen molar-refractivity contribution >= 4 is 28.3 Å². The molecule has 1 aromatic carbocycles. The zero-order valence-electron chi connectivity index (χ0n) is 10.3. The van der Waals surface area contributed by atoms with Crippen LogP contribution in [0.3, 0.4) is 0 Å². The maximum atomic E-state index is 13.6. The molecule has 1 aromatic heterocycles. The molecular weight excluding hydrogens is 257 g/mol. The Morgan fingerprint density at radius 2 is 2.06 bits per heavy atom. The second kappa shape index (κ2) is 4.94. The van der Waals surface area contributed by atoms with Crippen molar-refractivity contribution in [1.82, 2.24) is 9.97 Å². The number of fused-ring (bicyclic) bond motifs is 1. The van der Waals surface area contributed by atoms with E-state index in [-0.39, 0.29) is 17.1 Å². The van der Waals surface area contributed by atoms with Crippen LogP contribution in [0, 0.1) is 5.82 Å². The highest BCUT2D eigenvalue weighted by molar-refractivity contribution is 6.28. The van der Waals surface area contributed by atoms with E-state index in [0.717, 1.165) is 0 Å². The number of hydrogen-bond acceptors (Lipinski definition) is 4. The molecule has 6 heteroatoms. The lowest BCUT2D eigenvalue weighted by Crippen LogP contribution is -2.12. The van der Waals surface area contributed by atoms with E-state index in [4.69, 9.17) is 16.3 Å². The highest BCUT2D eigenvalue weighted by Gasteiger charge is 2.12. The molecule has 4 nitrogen and oxygen atoms in total. The van der Waals surface area contributed by atoms with E-state index in [2.05, 4.69) is 15.3 Å². The van der Waals surface area contributed by atoms with E-state index < -0.39 is 5.82 Å². The number of anilines is 1. The predicted octanol–water partition coefficient (Wildman–Crippen LogP) is 3.25. The summed E-state index contributed by atoms with van der Waals surface area (Å²) < 4.78 is 18.5. The average Bonchev–Trinajstić information content (AvgIpc) is 2.27. The van der Waals surface area contributed by atoms with Crippen LogP contribution in [-0.4, -0.2) is 23.1 Å². The Balaban J connectivity index is 2.68. The summed E-state index contributed by atoms with van der Waals surface area (Å²) in [5, 5.41) is 3.90. The van der Waals surface area contributed by atoms with Crippen molar-refractivity contribution in [1.29, 1.82) is 0 Å². The first kappa shape index (κ1) is 12.8. The van der Waals surface area contributed by atoms with E-state index in [1.165, 1.54) is 13.2 Å². The maximum Gasteiger partial charge on any atom is 0.224 e. The van der Waals surface area contributed by atoms with Crippen LogP contribution in [0.1, 0.15) is 13.8 Å². The van der Waals surface area contributed by atoms with Gasteiger partial charge in [-0.15, -0.1) is 0 Å². The van der Waals surface area contributed by atoms with Gasteiger partial charge in [0.1, 0.15) is 5.82 Å². The number of hydrogen-bond donors (Lipinski definition) is 1. The summed E-state index contributed by atoms with van der Waals surface area (Å²) in [7, 11) is 1.41. The van der Waals surface area contributed by atoms with Crippen LogP contribution in [-0.2, 0) is 0 Å². The first-order valence-electron chi connectivity index (χ1n) is 5.48. The molecule has 18 heavy (non-hydrogen) atoms. The molecule has 0 saturated carbocycles. The molecule has 0 bridgehead atoms. The van der Waals surface area contributed by atoms with Gasteiger partial charge in [0, 0.05) is 17.5 Å². The minimum atomic E-state index is -0.477. The number of nitrogens with one attached hydrogen (secondary N) is 1. The van der Waals surface area contributed by atoms with Crippen molar-refractivity contribution in [3.63, 3.8) is 0 Å². The van der Waals surface area contributed by atoms with Crippen molar-refractivity contribution in [2.45, 2.75) is 19.9 Å². The minimum absolute atomic E-state index is 0.0789. The second-order valence-corrected chi connectivity index (χ2v) is 4.48. The lowest BCUT2D eigenvalue weighted by atomic mass is 10.2. The third kappa shape index (κ3) is 2.46. The lowest BCUT2D eigenvalue weighted by Gasteiger charge is -2.12. The van der Waals surface area contributed by atoms with E-state index in [0.29, 0.717) is 16.7 Å². The van der Waals surface area contributed by atoms with Gasteiger partial charge in [0.25, 0.3) is 0 Å². The second-order valence-electron chi connectivity index (χ2n) is 4.14. The van der Waals surface area contributed by atoms with Gasteiger partial charge in [0.2, 0.25) is 5.28 Å². The number of benzene rings is 1. The van der Waals surface area contributed by atoms with Gasteiger partial charge in [0.05, 0.1) is 12.6 Å². The van der Waals surface area contributed by atoms with Crippen LogP contribution in [0.2, 0.25) is 5.28 Å². The molecular formula is C12H13ClFN3O. The summed E-state index contributed by atoms with van der Waals surface area (Å²) in [6, 6.07) is 3.02. The van der Waals surface area contributed by atoms with Gasteiger partial charge in [-0.25, -0.2) is 14.4 Å². The Morgan fingerprint density at radius 3 is 2.67 bits per heavy atom. The van der Waals surface area contributed by atoms with Gasteiger partial charge in [0.15, 0.2) is 11.6 Å². The number of halogens is 2. The molecule has 0 aliphatic carbocycles. The molecule has 2 aromatic rings. The fraction of sp³-hybridized carbons (Fsp3) is 0.333. The Hall–Kier alpha value is -1.62. The summed E-state index contributed by atoms with van der Waals surface area (Å²) >= 11 is 5.82. The third-order valence-electron chi connectivity index (χ3n) is 2.37. The van der Waals surface area contributed by atoms with Crippen LogP contribution >= 0.6 is 11.6 Å². The highest BCUT2D eigenvalue weighted by atomic mass is 35.5. The first-order valence-corrected chi connectivity index (χ1v) is 5.86. The lowest BCUT2D eigenvalue weighted by molar-refractivity contribution is 0.387. The first-order chi connectivity index (χ1) is 8.51. The monoisotopic (exact) mass is 269 g/mol. The summed E-state index contributed by atoms with van der Waals surface area (Å²) in [5.41, 5.74) is 0.441. The number of nitrogens with zero attached hydrogens (tertiary/aromatic N) is 2. The Bertz CT molecular complexity index is 589. The van der Waals surface area contributed by atoms with Crippen LogP contribution in [0.5, 0.6) is 5.75 Å². The Morgan fingerprint density at radius 1 is 1.33 bits per heavy atom. The summed E-state index contributed by atoms with van der Waals surface area (Å²) in [6.45, 7) is 3.95. The molecule has 0 saturated heterocycles. The number of aromatic nitrogens is 2. The zero-order valence-corrected chi connectivity index (χ0v) is 11.0. The molecule has 0 aliphatic rings. The molecule has 0 amide bonds. The molecule has 0 unspecified atom stereocenters. The van der Waals surface area contributed by atoms with Crippen molar-refractivity contribution in [2.75, 3.05) is 12.4 Å². The molecule has 0 radical (unpaired) electrons. The van der Waals surface area contributed by atoms with Crippen molar-refractivity contribution in [2.24, 2.45) is 0 Å². The molecule has 0 spiro atoms. The Kier molecular flexibility index (Phi) is 3.52. The predicted molar refractivity (Wildman–Crippen MR) is 69.8 cm³/mol. The van der Waals surface area contributed by atoms with Crippen molar-refractivity contribution in [3.8, 4) is 5.75 Å². The molecule has 2 rings (SSSR count). The van der Waals surface area contributed by atoms with E-state index in [9.17, 15) is 4.39 Å². The van der Waals surface area contributed by atoms with E-state index in [1.54, 1.807) is 6.07 Å². The van der Waals surface area contributed by atoms with Gasteiger partial charge < -0.3 is 10.1 Å². The van der Waals surface area contributed by atoms with Gasteiger partial charge in [-0.1, -0.05) is 0 Å². The van der Waals surface area contributed by atoms with E-state index in [1.807, 2.05) is 13.8 Å². The van der Waals surface area contributed by atoms with Crippen LogP contribution in [0.15, 0.2) is 12.1 Å². The topological polar surface area (TPSA) is 47.0 Å². The van der Waals surface area contributed by atoms with Gasteiger partial charge >= 0.3 is 0 Å². The molecule has 1 N–H and O–H groups in total. The van der Waals surface area contributed by atoms with Crippen LogP contribution in [0.4, 0.5) is 10.2 Å². The fourth-order valence-corrected chi connectivity index (χ4v) is 1.82. The summed E-state index contributed by atoms with van der Waals surface area (Å²) in [4.78, 5) is 8.11. The summed E-state index contributed by atoms with van der Waals surface area (Å²) in [6.07, 6.45) is 0. The van der Waals surface area contributed by atoms with Crippen LogP contribution < -0.4 is 10.1 Å². The zero-order chi connectivity index (χ0) is 13.3. The third-order valence-corrected chi connectivity index (χ3v) is 2.54. The molecule has 1 heterocycles. The van der Waals surface area contributed by atoms with Crippen LogP contribution in [0.25, 0.3) is 10.9 Å². The van der Waals surface area contributed by atoms with Crippen molar-refractivity contribution in [3.05, 3.63) is 23.2 Å². The molecule has 0 aliphatic heterocycles. The molecule has 96 valence electrons. The maximum absolute atomic E-state index is 13.6. The quantitative estimate of drug-likeness (QED) is 0.869. The number of methoxy groups -OCH3 is 1. The SMILES string of the molecule is COc1cc2c(NC(C)C)nc(Cl)nc2cc1F. The fourth-order valence-electron chi connectivity index (χ4n) is 1.64. The van der Waals surface area contributed by atoms with Gasteiger partial charge in [-0.2, -0.15) is 0 Å². The average molecular weight is 270 g/mol.